The number of nitrogens with one attached hydrogen (secondary N) is 1. The van der Waals surface area contributed by atoms with E-state index in [1.54, 1.807) is 12.1 Å². The first-order valence-electron chi connectivity index (χ1n) is 8.50. The summed E-state index contributed by atoms with van der Waals surface area (Å²) in [4.78, 5) is 12.5. The van der Waals surface area contributed by atoms with Crippen molar-refractivity contribution in [1.29, 1.82) is 0 Å². The summed E-state index contributed by atoms with van der Waals surface area (Å²) in [5, 5.41) is 14.0. The molecule has 3 aromatic rings. The minimum atomic E-state index is -0.159. The number of tetrazole rings is 1. The molecule has 0 aliphatic heterocycles. The zero-order valence-corrected chi connectivity index (χ0v) is 14.2. The minimum Gasteiger partial charge on any atom is -0.322 e. The summed E-state index contributed by atoms with van der Waals surface area (Å²) in [6.07, 6.45) is 6.24. The number of benzene rings is 2. The summed E-state index contributed by atoms with van der Waals surface area (Å²) in [6, 6.07) is 15.2. The average molecular weight is 335 g/mol. The minimum absolute atomic E-state index is 0.159. The molecule has 0 aliphatic carbocycles. The van der Waals surface area contributed by atoms with Gasteiger partial charge >= 0.3 is 0 Å². The van der Waals surface area contributed by atoms with E-state index >= 15 is 0 Å². The van der Waals surface area contributed by atoms with Gasteiger partial charge in [-0.1, -0.05) is 38.0 Å². The van der Waals surface area contributed by atoms with Crippen LogP contribution in [-0.4, -0.2) is 26.1 Å². The van der Waals surface area contributed by atoms with E-state index in [1.165, 1.54) is 35.8 Å². The van der Waals surface area contributed by atoms with Crippen LogP contribution in [0.25, 0.3) is 5.69 Å². The highest BCUT2D eigenvalue weighted by atomic mass is 16.1. The van der Waals surface area contributed by atoms with Crippen molar-refractivity contribution in [2.24, 2.45) is 0 Å². The molecular formula is C19H21N5O. The second kappa shape index (κ2) is 8.19. The van der Waals surface area contributed by atoms with Crippen molar-refractivity contribution in [2.45, 2.75) is 32.6 Å². The Bertz CT molecular complexity index is 812. The predicted molar refractivity (Wildman–Crippen MR) is 96.8 cm³/mol. The molecule has 1 aromatic heterocycles. The fraction of sp³-hybridized carbons (Fsp3) is 0.263. The number of carbonyl (C=O) groups excluding carboxylic acids is 1. The number of hydrogen-bond acceptors (Lipinski definition) is 4. The molecular weight excluding hydrogens is 314 g/mol. The van der Waals surface area contributed by atoms with Crippen LogP contribution in [0, 0.1) is 0 Å². The van der Waals surface area contributed by atoms with Gasteiger partial charge in [-0.05, 0) is 59.2 Å². The molecule has 0 saturated carbocycles. The summed E-state index contributed by atoms with van der Waals surface area (Å²) in [6.45, 7) is 2.20. The second-order valence-electron chi connectivity index (χ2n) is 5.91. The molecule has 0 spiro atoms. The number of aryl methyl sites for hydroxylation is 1. The Hall–Kier alpha value is -3.02. The topological polar surface area (TPSA) is 72.7 Å². The van der Waals surface area contributed by atoms with Gasteiger partial charge in [-0.2, -0.15) is 0 Å². The molecule has 128 valence electrons. The van der Waals surface area contributed by atoms with Crippen LogP contribution < -0.4 is 5.32 Å². The molecule has 2 aromatic carbocycles. The van der Waals surface area contributed by atoms with Gasteiger partial charge in [0.1, 0.15) is 6.33 Å². The summed E-state index contributed by atoms with van der Waals surface area (Å²) in [5.74, 6) is -0.159. The monoisotopic (exact) mass is 335 g/mol. The van der Waals surface area contributed by atoms with Gasteiger partial charge in [0, 0.05) is 11.3 Å². The standard InChI is InChI=1S/C19H21N5O/c1-2-3-4-6-15-9-11-17(12-10-15)21-19(25)16-7-5-8-18(13-16)24-14-20-22-23-24/h5,7-14H,2-4,6H2,1H3,(H,21,25). The zero-order valence-electron chi connectivity index (χ0n) is 14.2. The van der Waals surface area contributed by atoms with Crippen molar-refractivity contribution in [2.75, 3.05) is 5.32 Å². The van der Waals surface area contributed by atoms with Crippen molar-refractivity contribution in [1.82, 2.24) is 20.2 Å². The third-order valence-electron chi connectivity index (χ3n) is 4.00. The van der Waals surface area contributed by atoms with Gasteiger partial charge in [0.2, 0.25) is 0 Å². The van der Waals surface area contributed by atoms with Crippen molar-refractivity contribution in [3.63, 3.8) is 0 Å². The number of unbranched alkanes of at least 4 members (excludes halogenated alkanes) is 2. The van der Waals surface area contributed by atoms with E-state index in [4.69, 9.17) is 0 Å². The van der Waals surface area contributed by atoms with E-state index < -0.39 is 0 Å². The van der Waals surface area contributed by atoms with E-state index in [-0.39, 0.29) is 5.91 Å². The highest BCUT2D eigenvalue weighted by Gasteiger charge is 2.08. The maximum atomic E-state index is 12.5. The third-order valence-corrected chi connectivity index (χ3v) is 4.00. The Labute approximate surface area is 146 Å². The smallest absolute Gasteiger partial charge is 0.255 e. The molecule has 0 saturated heterocycles. The fourth-order valence-corrected chi connectivity index (χ4v) is 2.61. The number of amides is 1. The second-order valence-corrected chi connectivity index (χ2v) is 5.91. The van der Waals surface area contributed by atoms with Crippen molar-refractivity contribution in [3.05, 3.63) is 66.0 Å². The first-order valence-corrected chi connectivity index (χ1v) is 8.50. The molecule has 1 N–H and O–H groups in total. The lowest BCUT2D eigenvalue weighted by Gasteiger charge is -2.08. The zero-order chi connectivity index (χ0) is 17.5. The molecule has 0 atom stereocenters. The highest BCUT2D eigenvalue weighted by molar-refractivity contribution is 6.04. The van der Waals surface area contributed by atoms with Crippen LogP contribution in [0.5, 0.6) is 0 Å². The lowest BCUT2D eigenvalue weighted by Crippen LogP contribution is -2.12. The first-order chi connectivity index (χ1) is 12.3. The van der Waals surface area contributed by atoms with E-state index in [0.29, 0.717) is 5.56 Å². The van der Waals surface area contributed by atoms with Gasteiger partial charge in [-0.15, -0.1) is 5.10 Å². The molecule has 6 nitrogen and oxygen atoms in total. The summed E-state index contributed by atoms with van der Waals surface area (Å²) in [5.41, 5.74) is 3.38. The van der Waals surface area contributed by atoms with E-state index in [2.05, 4.69) is 39.9 Å². The van der Waals surface area contributed by atoms with Crippen molar-refractivity contribution in [3.8, 4) is 5.69 Å². The molecule has 0 unspecified atom stereocenters. The molecule has 0 aliphatic rings. The van der Waals surface area contributed by atoms with E-state index in [9.17, 15) is 4.79 Å². The van der Waals surface area contributed by atoms with Crippen LogP contribution in [-0.2, 0) is 6.42 Å². The van der Waals surface area contributed by atoms with Crippen LogP contribution in [0.15, 0.2) is 54.9 Å². The Kier molecular flexibility index (Phi) is 5.51. The number of hydrogen-bond donors (Lipinski definition) is 1. The maximum Gasteiger partial charge on any atom is 0.255 e. The van der Waals surface area contributed by atoms with Crippen molar-refractivity contribution >= 4 is 11.6 Å². The van der Waals surface area contributed by atoms with Gasteiger partial charge in [0.05, 0.1) is 5.69 Å². The Morgan fingerprint density at radius 2 is 1.96 bits per heavy atom. The van der Waals surface area contributed by atoms with Crippen LogP contribution in [0.2, 0.25) is 0 Å². The fourth-order valence-electron chi connectivity index (χ4n) is 2.61. The number of carbonyl (C=O) groups is 1. The lowest BCUT2D eigenvalue weighted by molar-refractivity contribution is 0.102. The molecule has 1 heterocycles. The first kappa shape index (κ1) is 16.8. The quantitative estimate of drug-likeness (QED) is 0.669. The molecule has 25 heavy (non-hydrogen) atoms. The van der Waals surface area contributed by atoms with Crippen LogP contribution in [0.1, 0.15) is 42.1 Å². The predicted octanol–water partition coefficient (Wildman–Crippen LogP) is 3.65. The van der Waals surface area contributed by atoms with Gasteiger partial charge in [0.25, 0.3) is 5.91 Å². The SMILES string of the molecule is CCCCCc1ccc(NC(=O)c2cccc(-n3cnnn3)c2)cc1. The summed E-state index contributed by atoms with van der Waals surface area (Å²) >= 11 is 0. The summed E-state index contributed by atoms with van der Waals surface area (Å²) < 4.78 is 1.52. The molecule has 0 radical (unpaired) electrons. The Balaban J connectivity index is 1.65. The third kappa shape index (κ3) is 4.50. The molecule has 6 heteroatoms. The highest BCUT2D eigenvalue weighted by Crippen LogP contribution is 2.15. The van der Waals surface area contributed by atoms with E-state index in [0.717, 1.165) is 17.8 Å². The lowest BCUT2D eigenvalue weighted by atomic mass is 10.1. The number of rotatable bonds is 7. The van der Waals surface area contributed by atoms with Gasteiger partial charge < -0.3 is 5.32 Å². The molecule has 0 bridgehead atoms. The molecule has 0 fully saturated rings. The number of nitrogens with zero attached hydrogens (tertiary/aromatic N) is 4. The van der Waals surface area contributed by atoms with Gasteiger partial charge in [-0.3, -0.25) is 4.79 Å². The van der Waals surface area contributed by atoms with Gasteiger partial charge in [-0.25, -0.2) is 4.68 Å². The number of anilines is 1. The van der Waals surface area contributed by atoms with Crippen LogP contribution in [0.3, 0.4) is 0 Å². The molecule has 3 rings (SSSR count). The normalized spacial score (nSPS) is 10.6. The van der Waals surface area contributed by atoms with Crippen molar-refractivity contribution < 1.29 is 4.79 Å². The Morgan fingerprint density at radius 1 is 1.12 bits per heavy atom. The van der Waals surface area contributed by atoms with Crippen LogP contribution in [0.4, 0.5) is 5.69 Å². The van der Waals surface area contributed by atoms with E-state index in [1.807, 2.05) is 24.3 Å². The Morgan fingerprint density at radius 3 is 2.68 bits per heavy atom. The van der Waals surface area contributed by atoms with Crippen LogP contribution >= 0.6 is 0 Å². The average Bonchev–Trinajstić information content (AvgIpc) is 3.18. The largest absolute Gasteiger partial charge is 0.322 e. The molecule has 1 amide bonds. The maximum absolute atomic E-state index is 12.5. The summed E-state index contributed by atoms with van der Waals surface area (Å²) in [7, 11) is 0. The number of aromatic nitrogens is 4. The van der Waals surface area contributed by atoms with Gasteiger partial charge in [0.15, 0.2) is 0 Å².